The molecule has 1 unspecified atom stereocenters. The number of fused-ring (bicyclic) bond motifs is 1. The van der Waals surface area contributed by atoms with E-state index in [0.717, 1.165) is 36.2 Å². The van der Waals surface area contributed by atoms with E-state index in [4.69, 9.17) is 0 Å². The van der Waals surface area contributed by atoms with Gasteiger partial charge in [-0.25, -0.2) is 14.6 Å². The Kier molecular flexibility index (Phi) is 3.56. The summed E-state index contributed by atoms with van der Waals surface area (Å²) < 4.78 is 2.42. The molecule has 1 aliphatic heterocycles. The van der Waals surface area contributed by atoms with E-state index >= 15 is 0 Å². The molecular weight excluding hydrogens is 336 g/mol. The molecule has 0 saturated carbocycles. The van der Waals surface area contributed by atoms with Crippen LogP contribution in [0.15, 0.2) is 10.9 Å². The molecule has 0 bridgehead atoms. The van der Waals surface area contributed by atoms with Crippen molar-refractivity contribution in [2.45, 2.75) is 18.9 Å². The third kappa shape index (κ3) is 2.27. The van der Waals surface area contributed by atoms with Gasteiger partial charge in [0.15, 0.2) is 5.65 Å². The highest BCUT2D eigenvalue weighted by molar-refractivity contribution is 9.10. The van der Waals surface area contributed by atoms with Gasteiger partial charge in [0.1, 0.15) is 22.8 Å². The van der Waals surface area contributed by atoms with Crippen LogP contribution in [0.4, 0.5) is 5.82 Å². The number of aryl methyl sites for hydroxylation is 1. The van der Waals surface area contributed by atoms with Crippen LogP contribution in [-0.4, -0.2) is 57.2 Å². The molecule has 2 aromatic heterocycles. The average Bonchev–Trinajstić information content (AvgIpc) is 3.04. The van der Waals surface area contributed by atoms with Crippen LogP contribution >= 0.6 is 15.9 Å². The van der Waals surface area contributed by atoms with Gasteiger partial charge in [0.2, 0.25) is 5.91 Å². The van der Waals surface area contributed by atoms with E-state index in [2.05, 4.69) is 35.9 Å². The molecule has 3 rings (SSSR count). The standard InChI is InChI=1S/C13H17BrN6O/c1-18(2)13(21)8-5-4-6-20(8)12-9-10(14)17-19(3)11(9)15-7-16-12/h7-8H,4-6H2,1-3H3. The Morgan fingerprint density at radius 3 is 2.90 bits per heavy atom. The Morgan fingerprint density at radius 2 is 2.19 bits per heavy atom. The third-order valence-corrected chi connectivity index (χ3v) is 4.36. The molecule has 2 aromatic rings. The maximum atomic E-state index is 12.4. The zero-order valence-corrected chi connectivity index (χ0v) is 13.8. The molecular formula is C13H17BrN6O. The number of hydrogen-bond donors (Lipinski definition) is 0. The molecule has 0 aliphatic carbocycles. The lowest BCUT2D eigenvalue weighted by molar-refractivity contribution is -0.129. The number of rotatable bonds is 2. The molecule has 7 nitrogen and oxygen atoms in total. The van der Waals surface area contributed by atoms with Crippen LogP contribution in [0.5, 0.6) is 0 Å². The number of aromatic nitrogens is 4. The zero-order valence-electron chi connectivity index (χ0n) is 12.2. The van der Waals surface area contributed by atoms with Crippen LogP contribution in [-0.2, 0) is 11.8 Å². The second-order valence-corrected chi connectivity index (χ2v) is 6.15. The summed E-state index contributed by atoms with van der Waals surface area (Å²) in [6.45, 7) is 0.817. The van der Waals surface area contributed by atoms with E-state index in [-0.39, 0.29) is 11.9 Å². The van der Waals surface area contributed by atoms with Gasteiger partial charge in [-0.05, 0) is 28.8 Å². The van der Waals surface area contributed by atoms with Gasteiger partial charge in [0, 0.05) is 27.7 Å². The zero-order chi connectivity index (χ0) is 15.1. The summed E-state index contributed by atoms with van der Waals surface area (Å²) in [5, 5.41) is 5.20. The number of carbonyl (C=O) groups excluding carboxylic acids is 1. The minimum Gasteiger partial charge on any atom is -0.347 e. The number of halogens is 1. The predicted molar refractivity (Wildman–Crippen MR) is 83.1 cm³/mol. The highest BCUT2D eigenvalue weighted by Gasteiger charge is 2.34. The highest BCUT2D eigenvalue weighted by atomic mass is 79.9. The fourth-order valence-electron chi connectivity index (χ4n) is 2.82. The molecule has 0 radical (unpaired) electrons. The molecule has 8 heteroatoms. The quantitative estimate of drug-likeness (QED) is 0.811. The Morgan fingerprint density at radius 1 is 1.43 bits per heavy atom. The van der Waals surface area contributed by atoms with Crippen LogP contribution < -0.4 is 4.90 Å². The van der Waals surface area contributed by atoms with E-state index in [0.29, 0.717) is 4.60 Å². The second kappa shape index (κ2) is 5.25. The Bertz CT molecular complexity index is 697. The van der Waals surface area contributed by atoms with Crippen molar-refractivity contribution in [3.05, 3.63) is 10.9 Å². The lowest BCUT2D eigenvalue weighted by Gasteiger charge is -2.27. The summed E-state index contributed by atoms with van der Waals surface area (Å²) in [5.74, 6) is 0.886. The van der Waals surface area contributed by atoms with Gasteiger partial charge in [0.25, 0.3) is 0 Å². The maximum absolute atomic E-state index is 12.4. The first-order chi connectivity index (χ1) is 10.0. The highest BCUT2D eigenvalue weighted by Crippen LogP contribution is 2.33. The number of hydrogen-bond acceptors (Lipinski definition) is 5. The minimum absolute atomic E-state index is 0.110. The van der Waals surface area contributed by atoms with Gasteiger partial charge in [-0.1, -0.05) is 0 Å². The van der Waals surface area contributed by atoms with Gasteiger partial charge in [-0.2, -0.15) is 5.10 Å². The molecule has 3 heterocycles. The van der Waals surface area contributed by atoms with Gasteiger partial charge >= 0.3 is 0 Å². The molecule has 1 fully saturated rings. The maximum Gasteiger partial charge on any atom is 0.244 e. The lowest BCUT2D eigenvalue weighted by Crippen LogP contribution is -2.43. The second-order valence-electron chi connectivity index (χ2n) is 5.39. The Balaban J connectivity index is 2.09. The van der Waals surface area contributed by atoms with Crippen molar-refractivity contribution < 1.29 is 4.79 Å². The van der Waals surface area contributed by atoms with Crippen molar-refractivity contribution in [3.8, 4) is 0 Å². The number of carbonyl (C=O) groups is 1. The van der Waals surface area contributed by atoms with Crippen LogP contribution in [0, 0.1) is 0 Å². The van der Waals surface area contributed by atoms with Crippen LogP contribution in [0.25, 0.3) is 11.0 Å². The molecule has 0 N–H and O–H groups in total. The van der Waals surface area contributed by atoms with Crippen LogP contribution in [0.1, 0.15) is 12.8 Å². The van der Waals surface area contributed by atoms with Gasteiger partial charge < -0.3 is 9.80 Å². The van der Waals surface area contributed by atoms with E-state index < -0.39 is 0 Å². The van der Waals surface area contributed by atoms with E-state index in [1.54, 1.807) is 23.7 Å². The summed E-state index contributed by atoms with van der Waals surface area (Å²) in [7, 11) is 5.42. The summed E-state index contributed by atoms with van der Waals surface area (Å²) in [5.41, 5.74) is 0.759. The topological polar surface area (TPSA) is 67.2 Å². The van der Waals surface area contributed by atoms with Crippen molar-refractivity contribution in [2.24, 2.45) is 7.05 Å². The van der Waals surface area contributed by atoms with Crippen molar-refractivity contribution in [2.75, 3.05) is 25.5 Å². The Hall–Kier alpha value is -1.70. The molecule has 1 saturated heterocycles. The predicted octanol–water partition coefficient (Wildman–Crippen LogP) is 1.18. The SMILES string of the molecule is CN(C)C(=O)C1CCCN1c1ncnc2c1c(Br)nn2C. The molecule has 1 amide bonds. The fraction of sp³-hybridized carbons (Fsp3) is 0.538. The molecule has 0 aromatic carbocycles. The number of likely N-dealkylation sites (N-methyl/N-ethyl adjacent to an activating group) is 1. The van der Waals surface area contributed by atoms with Crippen molar-refractivity contribution in [1.29, 1.82) is 0 Å². The lowest BCUT2D eigenvalue weighted by atomic mass is 10.2. The van der Waals surface area contributed by atoms with Crippen molar-refractivity contribution in [1.82, 2.24) is 24.6 Å². The monoisotopic (exact) mass is 352 g/mol. The van der Waals surface area contributed by atoms with Crippen molar-refractivity contribution in [3.63, 3.8) is 0 Å². The number of anilines is 1. The minimum atomic E-state index is -0.162. The molecule has 1 atom stereocenters. The third-order valence-electron chi connectivity index (χ3n) is 3.81. The first kappa shape index (κ1) is 14.2. The normalized spacial score (nSPS) is 18.5. The summed E-state index contributed by atoms with van der Waals surface area (Å²) >= 11 is 3.47. The first-order valence-corrected chi connectivity index (χ1v) is 7.61. The summed E-state index contributed by atoms with van der Waals surface area (Å²) in [4.78, 5) is 24.8. The fourth-order valence-corrected chi connectivity index (χ4v) is 3.41. The van der Waals surface area contributed by atoms with Crippen LogP contribution in [0.3, 0.4) is 0 Å². The first-order valence-electron chi connectivity index (χ1n) is 6.81. The summed E-state index contributed by atoms with van der Waals surface area (Å²) in [6.07, 6.45) is 3.36. The molecule has 112 valence electrons. The van der Waals surface area contributed by atoms with Gasteiger partial charge in [-0.15, -0.1) is 0 Å². The van der Waals surface area contributed by atoms with Gasteiger partial charge in [-0.3, -0.25) is 4.79 Å². The van der Waals surface area contributed by atoms with Crippen molar-refractivity contribution >= 4 is 38.7 Å². The molecule has 0 spiro atoms. The smallest absolute Gasteiger partial charge is 0.244 e. The number of amides is 1. The Labute approximate surface area is 131 Å². The average molecular weight is 353 g/mol. The van der Waals surface area contributed by atoms with Gasteiger partial charge in [0.05, 0.1) is 5.39 Å². The van der Waals surface area contributed by atoms with E-state index in [1.165, 1.54) is 6.33 Å². The largest absolute Gasteiger partial charge is 0.347 e. The summed E-state index contributed by atoms with van der Waals surface area (Å²) in [6, 6.07) is -0.162. The van der Waals surface area contributed by atoms with E-state index in [1.807, 2.05) is 7.05 Å². The molecule has 21 heavy (non-hydrogen) atoms. The number of nitrogens with zero attached hydrogens (tertiary/aromatic N) is 6. The van der Waals surface area contributed by atoms with Crippen LogP contribution in [0.2, 0.25) is 0 Å². The molecule has 1 aliphatic rings. The van der Waals surface area contributed by atoms with E-state index in [9.17, 15) is 4.79 Å².